The summed E-state index contributed by atoms with van der Waals surface area (Å²) < 4.78 is 5.18. The first kappa shape index (κ1) is 9.07. The first-order chi connectivity index (χ1) is 5.29. The molecule has 0 radical (unpaired) electrons. The summed E-state index contributed by atoms with van der Waals surface area (Å²) in [5.41, 5.74) is 0. The molecule has 1 heterocycles. The van der Waals surface area contributed by atoms with E-state index in [0.717, 1.165) is 11.5 Å². The predicted molar refractivity (Wildman–Crippen MR) is 52.7 cm³/mol. The number of hydrogen-bond acceptors (Lipinski definition) is 3. The van der Waals surface area contributed by atoms with E-state index in [1.54, 1.807) is 6.26 Å². The summed E-state index contributed by atoms with van der Waals surface area (Å²) in [6.07, 6.45) is 1.72. The van der Waals surface area contributed by atoms with E-state index in [1.165, 1.54) is 0 Å². The van der Waals surface area contributed by atoms with Gasteiger partial charge in [0, 0.05) is 5.25 Å². The maximum absolute atomic E-state index is 5.18. The normalized spacial score (nSPS) is 10.8. The summed E-state index contributed by atoms with van der Waals surface area (Å²) in [5.74, 6) is 2.03. The zero-order chi connectivity index (χ0) is 8.10. The van der Waals surface area contributed by atoms with Crippen molar-refractivity contribution in [3.63, 3.8) is 0 Å². The Hall–Kier alpha value is -0.0200. The van der Waals surface area contributed by atoms with Crippen LogP contribution in [0.4, 0.5) is 0 Å². The van der Waals surface area contributed by atoms with Crippen LogP contribution in [-0.4, -0.2) is 5.25 Å². The van der Waals surface area contributed by atoms with Crippen LogP contribution in [-0.2, 0) is 5.75 Å². The zero-order valence-electron chi connectivity index (χ0n) is 6.74. The summed E-state index contributed by atoms with van der Waals surface area (Å²) in [7, 11) is 3.73. The second-order valence-corrected chi connectivity index (χ2v) is 5.43. The molecule has 1 aromatic heterocycles. The van der Waals surface area contributed by atoms with Crippen LogP contribution in [0.15, 0.2) is 22.8 Å². The molecule has 1 aromatic rings. The second kappa shape index (κ2) is 4.78. The smallest absolute Gasteiger partial charge is 0.114 e. The van der Waals surface area contributed by atoms with Gasteiger partial charge in [0.05, 0.1) is 12.0 Å². The Morgan fingerprint density at radius 3 is 2.91 bits per heavy atom. The third-order valence-corrected chi connectivity index (χ3v) is 3.88. The maximum atomic E-state index is 5.18. The summed E-state index contributed by atoms with van der Waals surface area (Å²) >= 11 is 0. The lowest BCUT2D eigenvalue weighted by atomic mass is 10.5. The summed E-state index contributed by atoms with van der Waals surface area (Å²) in [6, 6.07) is 3.93. The van der Waals surface area contributed by atoms with E-state index in [0.29, 0.717) is 5.25 Å². The molecule has 0 saturated carbocycles. The van der Waals surface area contributed by atoms with Crippen molar-refractivity contribution in [1.29, 1.82) is 0 Å². The minimum atomic E-state index is 0.690. The van der Waals surface area contributed by atoms with Crippen molar-refractivity contribution < 1.29 is 4.42 Å². The SMILES string of the molecule is CC(C)SSCc1ccco1. The fraction of sp³-hybridized carbons (Fsp3) is 0.500. The predicted octanol–water partition coefficient (Wildman–Crippen LogP) is 3.57. The van der Waals surface area contributed by atoms with Crippen LogP contribution in [0.5, 0.6) is 0 Å². The van der Waals surface area contributed by atoms with Gasteiger partial charge in [-0.3, -0.25) is 0 Å². The fourth-order valence-electron chi connectivity index (χ4n) is 0.623. The molecule has 0 aliphatic carbocycles. The minimum absolute atomic E-state index is 0.690. The Labute approximate surface area is 75.3 Å². The molecular formula is C8H12OS2. The van der Waals surface area contributed by atoms with Crippen molar-refractivity contribution in [2.45, 2.75) is 24.9 Å². The van der Waals surface area contributed by atoms with Crippen LogP contribution in [0.3, 0.4) is 0 Å². The molecule has 11 heavy (non-hydrogen) atoms. The molecule has 0 saturated heterocycles. The van der Waals surface area contributed by atoms with Gasteiger partial charge in [0.25, 0.3) is 0 Å². The molecule has 0 bridgehead atoms. The van der Waals surface area contributed by atoms with E-state index in [-0.39, 0.29) is 0 Å². The fourth-order valence-corrected chi connectivity index (χ4v) is 2.61. The van der Waals surface area contributed by atoms with Crippen molar-refractivity contribution in [3.8, 4) is 0 Å². The number of furan rings is 1. The van der Waals surface area contributed by atoms with Gasteiger partial charge < -0.3 is 4.42 Å². The largest absolute Gasteiger partial charge is 0.468 e. The van der Waals surface area contributed by atoms with Crippen LogP contribution in [0.1, 0.15) is 19.6 Å². The summed E-state index contributed by atoms with van der Waals surface area (Å²) in [4.78, 5) is 0. The van der Waals surface area contributed by atoms with Crippen molar-refractivity contribution in [2.24, 2.45) is 0 Å². The van der Waals surface area contributed by atoms with Crippen molar-refractivity contribution >= 4 is 21.6 Å². The molecule has 0 unspecified atom stereocenters. The van der Waals surface area contributed by atoms with Crippen molar-refractivity contribution in [2.75, 3.05) is 0 Å². The molecule has 3 heteroatoms. The first-order valence-corrected chi connectivity index (χ1v) is 5.98. The van der Waals surface area contributed by atoms with E-state index in [9.17, 15) is 0 Å². The molecule has 0 amide bonds. The van der Waals surface area contributed by atoms with Crippen LogP contribution < -0.4 is 0 Å². The molecular weight excluding hydrogens is 176 g/mol. The first-order valence-electron chi connectivity index (χ1n) is 3.59. The van der Waals surface area contributed by atoms with Crippen LogP contribution >= 0.6 is 21.6 Å². The molecule has 0 aliphatic heterocycles. The molecule has 0 atom stereocenters. The quantitative estimate of drug-likeness (QED) is 0.671. The third-order valence-electron chi connectivity index (χ3n) is 1.04. The lowest BCUT2D eigenvalue weighted by Gasteiger charge is -2.00. The molecule has 0 aromatic carbocycles. The number of hydrogen-bond donors (Lipinski definition) is 0. The van der Waals surface area contributed by atoms with E-state index in [1.807, 2.05) is 33.7 Å². The average Bonchev–Trinajstić information content (AvgIpc) is 2.39. The third kappa shape index (κ3) is 3.77. The van der Waals surface area contributed by atoms with Gasteiger partial charge in [0.15, 0.2) is 0 Å². The van der Waals surface area contributed by atoms with Gasteiger partial charge in [-0.05, 0) is 12.1 Å². The Morgan fingerprint density at radius 1 is 1.55 bits per heavy atom. The molecule has 62 valence electrons. The van der Waals surface area contributed by atoms with Gasteiger partial charge in [0.2, 0.25) is 0 Å². The Balaban J connectivity index is 2.14. The lowest BCUT2D eigenvalue weighted by Crippen LogP contribution is -1.81. The Morgan fingerprint density at radius 2 is 2.36 bits per heavy atom. The average molecular weight is 188 g/mol. The van der Waals surface area contributed by atoms with Crippen LogP contribution in [0.25, 0.3) is 0 Å². The van der Waals surface area contributed by atoms with Crippen molar-refractivity contribution in [3.05, 3.63) is 24.2 Å². The molecule has 0 aliphatic rings. The van der Waals surface area contributed by atoms with E-state index in [2.05, 4.69) is 13.8 Å². The monoisotopic (exact) mass is 188 g/mol. The highest BCUT2D eigenvalue weighted by molar-refractivity contribution is 8.76. The van der Waals surface area contributed by atoms with Crippen LogP contribution in [0.2, 0.25) is 0 Å². The summed E-state index contributed by atoms with van der Waals surface area (Å²) in [6.45, 7) is 4.39. The number of rotatable bonds is 4. The topological polar surface area (TPSA) is 13.1 Å². The molecule has 0 fully saturated rings. The van der Waals surface area contributed by atoms with Crippen molar-refractivity contribution in [1.82, 2.24) is 0 Å². The minimum Gasteiger partial charge on any atom is -0.468 e. The highest BCUT2D eigenvalue weighted by Crippen LogP contribution is 2.29. The van der Waals surface area contributed by atoms with E-state index in [4.69, 9.17) is 4.42 Å². The lowest BCUT2D eigenvalue weighted by molar-refractivity contribution is 0.530. The van der Waals surface area contributed by atoms with Gasteiger partial charge >= 0.3 is 0 Å². The van der Waals surface area contributed by atoms with Gasteiger partial charge in [-0.1, -0.05) is 35.4 Å². The second-order valence-electron chi connectivity index (χ2n) is 2.49. The molecule has 0 N–H and O–H groups in total. The van der Waals surface area contributed by atoms with Gasteiger partial charge in [-0.15, -0.1) is 0 Å². The van der Waals surface area contributed by atoms with Gasteiger partial charge in [0.1, 0.15) is 5.76 Å². The standard InChI is InChI=1S/C8H12OS2/c1-7(2)11-10-6-8-4-3-5-9-8/h3-5,7H,6H2,1-2H3. The summed E-state index contributed by atoms with van der Waals surface area (Å²) in [5, 5.41) is 0.690. The highest BCUT2D eigenvalue weighted by Gasteiger charge is 1.98. The zero-order valence-corrected chi connectivity index (χ0v) is 8.37. The Bertz CT molecular complexity index is 182. The molecule has 1 nitrogen and oxygen atoms in total. The van der Waals surface area contributed by atoms with Crippen LogP contribution in [0, 0.1) is 0 Å². The Kier molecular flexibility index (Phi) is 3.94. The van der Waals surface area contributed by atoms with Gasteiger partial charge in [-0.2, -0.15) is 0 Å². The van der Waals surface area contributed by atoms with E-state index < -0.39 is 0 Å². The van der Waals surface area contributed by atoms with E-state index >= 15 is 0 Å². The molecule has 1 rings (SSSR count). The van der Waals surface area contributed by atoms with Gasteiger partial charge in [-0.25, -0.2) is 0 Å². The molecule has 0 spiro atoms. The maximum Gasteiger partial charge on any atom is 0.114 e. The highest BCUT2D eigenvalue weighted by atomic mass is 33.1.